The fraction of sp³-hybridized carbons (Fsp3) is 0.333. The summed E-state index contributed by atoms with van der Waals surface area (Å²) in [5.74, 6) is -1.73. The molecule has 0 fully saturated rings. The lowest BCUT2D eigenvalue weighted by molar-refractivity contribution is -0.139. The normalized spacial score (nSPS) is 13.2. The van der Waals surface area contributed by atoms with Crippen molar-refractivity contribution < 1.29 is 23.1 Å². The first-order chi connectivity index (χ1) is 7.32. The molecule has 1 atom stereocenters. The van der Waals surface area contributed by atoms with Crippen LogP contribution < -0.4 is 5.32 Å². The molecule has 0 aliphatic rings. The molecule has 0 spiro atoms. The Bertz CT molecular complexity index is 393. The summed E-state index contributed by atoms with van der Waals surface area (Å²) in [5, 5.41) is 10.8. The number of nitrogens with one attached hydrogen (secondary N) is 1. The van der Waals surface area contributed by atoms with Gasteiger partial charge < -0.3 is 10.4 Å². The van der Waals surface area contributed by atoms with E-state index in [0.717, 1.165) is 18.3 Å². The van der Waals surface area contributed by atoms with Gasteiger partial charge in [0.25, 0.3) is 0 Å². The van der Waals surface area contributed by atoms with Gasteiger partial charge in [-0.3, -0.25) is 4.79 Å². The van der Waals surface area contributed by atoms with Gasteiger partial charge in [-0.25, -0.2) is 4.98 Å². The first-order valence-electron chi connectivity index (χ1n) is 4.34. The second kappa shape index (κ2) is 4.38. The number of hydrogen-bond acceptors (Lipinski definition) is 3. The number of anilines is 1. The third-order valence-corrected chi connectivity index (χ3v) is 1.84. The van der Waals surface area contributed by atoms with Crippen LogP contribution in [0.1, 0.15) is 12.5 Å². The molecule has 0 aliphatic carbocycles. The van der Waals surface area contributed by atoms with Crippen molar-refractivity contribution in [2.24, 2.45) is 0 Å². The lowest BCUT2D eigenvalue weighted by Crippen LogP contribution is -2.27. The number of aliphatic carboxylic acids is 1. The van der Waals surface area contributed by atoms with Crippen molar-refractivity contribution in [2.45, 2.75) is 19.1 Å². The Morgan fingerprint density at radius 2 is 2.19 bits per heavy atom. The number of carboxylic acids is 1. The summed E-state index contributed by atoms with van der Waals surface area (Å²) in [4.78, 5) is 14.0. The van der Waals surface area contributed by atoms with Crippen molar-refractivity contribution in [1.82, 2.24) is 4.98 Å². The number of carboxylic acid groups (broad SMARTS) is 1. The highest BCUT2D eigenvalue weighted by Crippen LogP contribution is 2.33. The minimum Gasteiger partial charge on any atom is -0.480 e. The number of rotatable bonds is 3. The van der Waals surface area contributed by atoms with Crippen LogP contribution in [0.3, 0.4) is 0 Å². The van der Waals surface area contributed by atoms with Gasteiger partial charge in [0.2, 0.25) is 0 Å². The van der Waals surface area contributed by atoms with Crippen LogP contribution in [-0.4, -0.2) is 22.1 Å². The van der Waals surface area contributed by atoms with Gasteiger partial charge in [-0.2, -0.15) is 13.2 Å². The molecule has 88 valence electrons. The first kappa shape index (κ1) is 12.3. The van der Waals surface area contributed by atoms with Crippen molar-refractivity contribution in [3.63, 3.8) is 0 Å². The van der Waals surface area contributed by atoms with Crippen molar-refractivity contribution in [2.75, 3.05) is 5.32 Å². The monoisotopic (exact) mass is 234 g/mol. The second-order valence-corrected chi connectivity index (χ2v) is 3.10. The van der Waals surface area contributed by atoms with Gasteiger partial charge in [-0.05, 0) is 19.1 Å². The Balaban J connectivity index is 3.01. The van der Waals surface area contributed by atoms with Crippen LogP contribution in [0.5, 0.6) is 0 Å². The maximum absolute atomic E-state index is 12.5. The Morgan fingerprint density at radius 3 is 2.69 bits per heavy atom. The van der Waals surface area contributed by atoms with Crippen LogP contribution in [-0.2, 0) is 11.0 Å². The zero-order valence-corrected chi connectivity index (χ0v) is 8.25. The number of alkyl halides is 3. The van der Waals surface area contributed by atoms with E-state index in [0.29, 0.717) is 0 Å². The van der Waals surface area contributed by atoms with Gasteiger partial charge in [0, 0.05) is 6.20 Å². The zero-order valence-electron chi connectivity index (χ0n) is 8.25. The SMILES string of the molecule is CC(Nc1ncccc1C(F)(F)F)C(=O)O. The molecule has 0 saturated heterocycles. The minimum atomic E-state index is -4.56. The van der Waals surface area contributed by atoms with E-state index in [1.807, 2.05) is 0 Å². The number of pyridine rings is 1. The average molecular weight is 234 g/mol. The van der Waals surface area contributed by atoms with Crippen LogP contribution in [0, 0.1) is 0 Å². The molecule has 0 saturated carbocycles. The molecule has 4 nitrogen and oxygen atoms in total. The average Bonchev–Trinajstić information content (AvgIpc) is 2.16. The van der Waals surface area contributed by atoms with Gasteiger partial charge in [0.15, 0.2) is 0 Å². The van der Waals surface area contributed by atoms with E-state index in [2.05, 4.69) is 10.3 Å². The molecule has 2 N–H and O–H groups in total. The molecule has 0 aromatic carbocycles. The van der Waals surface area contributed by atoms with Crippen LogP contribution in [0.15, 0.2) is 18.3 Å². The van der Waals surface area contributed by atoms with Crippen LogP contribution in [0.4, 0.5) is 19.0 Å². The molecule has 1 aromatic rings. The van der Waals surface area contributed by atoms with E-state index in [9.17, 15) is 18.0 Å². The number of nitrogens with zero attached hydrogens (tertiary/aromatic N) is 1. The Labute approximate surface area is 89.1 Å². The largest absolute Gasteiger partial charge is 0.480 e. The lowest BCUT2D eigenvalue weighted by Gasteiger charge is -2.15. The lowest BCUT2D eigenvalue weighted by atomic mass is 10.2. The molecule has 1 heterocycles. The summed E-state index contributed by atoms with van der Waals surface area (Å²) in [7, 11) is 0. The highest BCUT2D eigenvalue weighted by Gasteiger charge is 2.34. The maximum Gasteiger partial charge on any atom is 0.419 e. The molecule has 0 amide bonds. The van der Waals surface area contributed by atoms with Crippen molar-refractivity contribution in [3.05, 3.63) is 23.9 Å². The number of hydrogen-bond donors (Lipinski definition) is 2. The molecular formula is C9H9F3N2O2. The van der Waals surface area contributed by atoms with Crippen LogP contribution >= 0.6 is 0 Å². The predicted molar refractivity (Wildman–Crippen MR) is 50.0 cm³/mol. The van der Waals surface area contributed by atoms with E-state index in [1.165, 1.54) is 6.92 Å². The minimum absolute atomic E-state index is 0.482. The van der Waals surface area contributed by atoms with Crippen molar-refractivity contribution in [1.29, 1.82) is 0 Å². The topological polar surface area (TPSA) is 62.2 Å². The van der Waals surface area contributed by atoms with E-state index in [4.69, 9.17) is 5.11 Å². The molecule has 0 bridgehead atoms. The summed E-state index contributed by atoms with van der Waals surface area (Å²) in [5.41, 5.74) is -0.983. The standard InChI is InChI=1S/C9H9F3N2O2/c1-5(8(15)16)14-7-6(9(10,11)12)3-2-4-13-7/h2-5H,1H3,(H,13,14)(H,15,16). The quantitative estimate of drug-likeness (QED) is 0.839. The third-order valence-electron chi connectivity index (χ3n) is 1.84. The molecule has 1 rings (SSSR count). The molecule has 0 aliphatic heterocycles. The highest BCUT2D eigenvalue weighted by molar-refractivity contribution is 5.76. The number of carbonyl (C=O) groups is 1. The van der Waals surface area contributed by atoms with Gasteiger partial charge in [0.05, 0.1) is 5.56 Å². The maximum atomic E-state index is 12.5. The smallest absolute Gasteiger partial charge is 0.419 e. The van der Waals surface area contributed by atoms with E-state index < -0.39 is 29.6 Å². The fourth-order valence-electron chi connectivity index (χ4n) is 1.02. The van der Waals surface area contributed by atoms with Crippen LogP contribution in [0.25, 0.3) is 0 Å². The summed E-state index contributed by atoms with van der Waals surface area (Å²) >= 11 is 0. The Morgan fingerprint density at radius 1 is 1.56 bits per heavy atom. The number of halogens is 3. The van der Waals surface area contributed by atoms with E-state index >= 15 is 0 Å². The molecule has 7 heteroatoms. The molecule has 0 radical (unpaired) electrons. The van der Waals surface area contributed by atoms with Crippen molar-refractivity contribution in [3.8, 4) is 0 Å². The van der Waals surface area contributed by atoms with Gasteiger partial charge >= 0.3 is 12.1 Å². The first-order valence-corrected chi connectivity index (χ1v) is 4.34. The predicted octanol–water partition coefficient (Wildman–Crippen LogP) is 1.99. The molecule has 16 heavy (non-hydrogen) atoms. The molecule has 1 unspecified atom stereocenters. The number of aromatic nitrogens is 1. The van der Waals surface area contributed by atoms with Gasteiger partial charge in [-0.1, -0.05) is 0 Å². The third kappa shape index (κ3) is 2.85. The summed E-state index contributed by atoms with van der Waals surface area (Å²) < 4.78 is 37.4. The highest BCUT2D eigenvalue weighted by atomic mass is 19.4. The molecular weight excluding hydrogens is 225 g/mol. The fourth-order valence-corrected chi connectivity index (χ4v) is 1.02. The van der Waals surface area contributed by atoms with Crippen molar-refractivity contribution >= 4 is 11.8 Å². The van der Waals surface area contributed by atoms with E-state index in [-0.39, 0.29) is 0 Å². The van der Waals surface area contributed by atoms with Gasteiger partial charge in [-0.15, -0.1) is 0 Å². The molecule has 1 aromatic heterocycles. The summed E-state index contributed by atoms with van der Waals surface area (Å²) in [6.07, 6.45) is -3.40. The summed E-state index contributed by atoms with van der Waals surface area (Å²) in [6, 6.07) is 0.833. The van der Waals surface area contributed by atoms with Crippen LogP contribution in [0.2, 0.25) is 0 Å². The Hall–Kier alpha value is -1.79. The second-order valence-electron chi connectivity index (χ2n) is 3.10. The van der Waals surface area contributed by atoms with E-state index in [1.54, 1.807) is 0 Å². The summed E-state index contributed by atoms with van der Waals surface area (Å²) in [6.45, 7) is 1.23. The zero-order chi connectivity index (χ0) is 12.3. The van der Waals surface area contributed by atoms with Gasteiger partial charge in [0.1, 0.15) is 11.9 Å². The Kier molecular flexibility index (Phi) is 3.36.